The van der Waals surface area contributed by atoms with Gasteiger partial charge in [-0.3, -0.25) is 13.9 Å². The van der Waals surface area contributed by atoms with Crippen molar-refractivity contribution in [2.75, 3.05) is 10.8 Å². The summed E-state index contributed by atoms with van der Waals surface area (Å²) in [7, 11) is -4.18. The molecule has 0 saturated carbocycles. The number of nitrogens with zero attached hydrogens (tertiary/aromatic N) is 2. The van der Waals surface area contributed by atoms with Crippen molar-refractivity contribution in [2.24, 2.45) is 0 Å². The Morgan fingerprint density at radius 3 is 1.91 bits per heavy atom. The Hall–Kier alpha value is -3.85. The van der Waals surface area contributed by atoms with E-state index < -0.39 is 28.5 Å². The highest BCUT2D eigenvalue weighted by Gasteiger charge is 2.35. The van der Waals surface area contributed by atoms with Crippen LogP contribution in [0.5, 0.6) is 0 Å². The van der Waals surface area contributed by atoms with Gasteiger partial charge in [0, 0.05) is 34.6 Å². The zero-order chi connectivity index (χ0) is 32.6. The van der Waals surface area contributed by atoms with Crippen molar-refractivity contribution in [3.05, 3.63) is 130 Å². The van der Waals surface area contributed by atoms with Crippen molar-refractivity contribution in [1.82, 2.24) is 10.2 Å². The molecule has 0 heterocycles. The lowest BCUT2D eigenvalue weighted by molar-refractivity contribution is -0.140. The van der Waals surface area contributed by atoms with E-state index in [1.807, 2.05) is 63.2 Å². The first kappa shape index (κ1) is 34.0. The molecule has 1 N–H and O–H groups in total. The number of benzene rings is 4. The van der Waals surface area contributed by atoms with Gasteiger partial charge in [-0.25, -0.2) is 8.42 Å². The van der Waals surface area contributed by atoms with Crippen LogP contribution >= 0.6 is 23.2 Å². The SMILES string of the molecule is CCc1ccc(N(CC(=O)N(Cc2c(Cl)cccc2Cl)[C@H](Cc2ccccc2)C(=O)NC(C)C)S(=O)(=O)c2ccccc2)cc1. The molecule has 236 valence electrons. The van der Waals surface area contributed by atoms with Gasteiger partial charge in [0.1, 0.15) is 12.6 Å². The smallest absolute Gasteiger partial charge is 0.264 e. The second-order valence-electron chi connectivity index (χ2n) is 10.9. The summed E-state index contributed by atoms with van der Waals surface area (Å²) in [5, 5.41) is 3.59. The van der Waals surface area contributed by atoms with Crippen LogP contribution in [0.1, 0.15) is 37.5 Å². The van der Waals surface area contributed by atoms with E-state index in [-0.39, 0.29) is 29.8 Å². The Balaban J connectivity index is 1.83. The second-order valence-corrected chi connectivity index (χ2v) is 13.6. The average Bonchev–Trinajstić information content (AvgIpc) is 3.03. The van der Waals surface area contributed by atoms with Gasteiger partial charge in [0.15, 0.2) is 0 Å². The fourth-order valence-electron chi connectivity index (χ4n) is 4.93. The van der Waals surface area contributed by atoms with E-state index in [0.717, 1.165) is 21.9 Å². The van der Waals surface area contributed by atoms with E-state index in [9.17, 15) is 18.0 Å². The molecule has 0 fully saturated rings. The zero-order valence-corrected chi connectivity index (χ0v) is 27.8. The van der Waals surface area contributed by atoms with Crippen LogP contribution in [0.2, 0.25) is 10.0 Å². The maximum absolute atomic E-state index is 14.5. The number of hydrogen-bond acceptors (Lipinski definition) is 4. The Morgan fingerprint density at radius 1 is 0.778 bits per heavy atom. The van der Waals surface area contributed by atoms with Gasteiger partial charge in [-0.1, -0.05) is 96.9 Å². The topological polar surface area (TPSA) is 86.8 Å². The highest BCUT2D eigenvalue weighted by Crippen LogP contribution is 2.29. The minimum atomic E-state index is -4.18. The van der Waals surface area contributed by atoms with Gasteiger partial charge in [-0.05, 0) is 67.8 Å². The summed E-state index contributed by atoms with van der Waals surface area (Å²) < 4.78 is 29.3. The van der Waals surface area contributed by atoms with E-state index in [0.29, 0.717) is 21.3 Å². The van der Waals surface area contributed by atoms with Gasteiger partial charge in [0.25, 0.3) is 10.0 Å². The lowest BCUT2D eigenvalue weighted by Crippen LogP contribution is -2.54. The lowest BCUT2D eigenvalue weighted by Gasteiger charge is -2.34. The number of hydrogen-bond donors (Lipinski definition) is 1. The van der Waals surface area contributed by atoms with Crippen LogP contribution in [0, 0.1) is 0 Å². The number of halogens is 2. The fourth-order valence-corrected chi connectivity index (χ4v) is 6.89. The number of carbonyl (C=O) groups is 2. The van der Waals surface area contributed by atoms with Crippen molar-refractivity contribution in [1.29, 1.82) is 0 Å². The molecule has 2 amide bonds. The molecular formula is C35H37Cl2N3O4S. The molecule has 0 aromatic heterocycles. The molecule has 4 aromatic carbocycles. The minimum absolute atomic E-state index is 0.0384. The van der Waals surface area contributed by atoms with E-state index in [1.54, 1.807) is 48.5 Å². The van der Waals surface area contributed by atoms with Crippen LogP contribution in [0.3, 0.4) is 0 Å². The molecule has 4 aromatic rings. The third-order valence-electron chi connectivity index (χ3n) is 7.33. The predicted molar refractivity (Wildman–Crippen MR) is 181 cm³/mol. The molecule has 0 unspecified atom stereocenters. The molecule has 10 heteroatoms. The molecule has 0 radical (unpaired) electrons. The summed E-state index contributed by atoms with van der Waals surface area (Å²) in [6.45, 7) is 4.99. The summed E-state index contributed by atoms with van der Waals surface area (Å²) in [5.41, 5.74) is 2.62. The highest BCUT2D eigenvalue weighted by molar-refractivity contribution is 7.92. The normalized spacial score (nSPS) is 12.0. The molecule has 0 spiro atoms. The molecular weight excluding hydrogens is 629 g/mol. The lowest BCUT2D eigenvalue weighted by atomic mass is 10.0. The third-order valence-corrected chi connectivity index (χ3v) is 9.83. The molecule has 0 bridgehead atoms. The summed E-state index contributed by atoms with van der Waals surface area (Å²) >= 11 is 13.1. The Bertz CT molecular complexity index is 1680. The number of amides is 2. The monoisotopic (exact) mass is 665 g/mol. The van der Waals surface area contributed by atoms with E-state index >= 15 is 0 Å². The number of nitrogens with one attached hydrogen (secondary N) is 1. The van der Waals surface area contributed by atoms with Gasteiger partial charge in [-0.2, -0.15) is 0 Å². The first-order chi connectivity index (χ1) is 21.5. The summed E-state index contributed by atoms with van der Waals surface area (Å²) in [6.07, 6.45) is 0.951. The molecule has 0 saturated heterocycles. The molecule has 0 aliphatic carbocycles. The maximum Gasteiger partial charge on any atom is 0.264 e. The van der Waals surface area contributed by atoms with E-state index in [2.05, 4.69) is 5.32 Å². The highest BCUT2D eigenvalue weighted by atomic mass is 35.5. The molecule has 0 aliphatic rings. The number of sulfonamides is 1. The number of aryl methyl sites for hydroxylation is 1. The quantitative estimate of drug-likeness (QED) is 0.168. The second kappa shape index (κ2) is 15.4. The standard InChI is InChI=1S/C35H37Cl2N3O4S/c1-4-26-18-20-28(21-19-26)40(45(43,44)29-14-9-6-10-15-29)24-34(41)39(23-30-31(36)16-11-17-32(30)37)33(35(42)38-25(2)3)22-27-12-7-5-8-13-27/h5-21,25,33H,4,22-24H2,1-3H3,(H,38,42)/t33-/m1/s1. The Labute approximate surface area is 275 Å². The van der Waals surface area contributed by atoms with Gasteiger partial charge in [-0.15, -0.1) is 0 Å². The summed E-state index contributed by atoms with van der Waals surface area (Å²) in [5.74, 6) is -0.972. The Kier molecular flexibility index (Phi) is 11.7. The molecule has 45 heavy (non-hydrogen) atoms. The predicted octanol–water partition coefficient (Wildman–Crippen LogP) is 6.92. The Morgan fingerprint density at radius 2 is 1.36 bits per heavy atom. The van der Waals surface area contributed by atoms with E-state index in [4.69, 9.17) is 23.2 Å². The minimum Gasteiger partial charge on any atom is -0.352 e. The van der Waals surface area contributed by atoms with Crippen LogP contribution < -0.4 is 9.62 Å². The number of carbonyl (C=O) groups excluding carboxylic acids is 2. The third kappa shape index (κ3) is 8.66. The van der Waals surface area contributed by atoms with Crippen molar-refractivity contribution < 1.29 is 18.0 Å². The van der Waals surface area contributed by atoms with Gasteiger partial charge in [0.2, 0.25) is 11.8 Å². The van der Waals surface area contributed by atoms with Crippen LogP contribution in [-0.4, -0.2) is 43.8 Å². The maximum atomic E-state index is 14.5. The zero-order valence-electron chi connectivity index (χ0n) is 25.5. The van der Waals surface area contributed by atoms with Crippen LogP contribution in [0.4, 0.5) is 5.69 Å². The number of rotatable bonds is 13. The molecule has 4 rings (SSSR count). The first-order valence-corrected chi connectivity index (χ1v) is 16.9. The summed E-state index contributed by atoms with van der Waals surface area (Å²) in [4.78, 5) is 29.8. The van der Waals surface area contributed by atoms with Gasteiger partial charge < -0.3 is 10.2 Å². The van der Waals surface area contributed by atoms with Gasteiger partial charge in [0.05, 0.1) is 10.6 Å². The molecule has 0 aliphatic heterocycles. The van der Waals surface area contributed by atoms with Crippen LogP contribution in [0.25, 0.3) is 0 Å². The van der Waals surface area contributed by atoms with Crippen LogP contribution in [0.15, 0.2) is 108 Å². The summed E-state index contributed by atoms with van der Waals surface area (Å²) in [6, 6.07) is 28.2. The van der Waals surface area contributed by atoms with E-state index in [1.165, 1.54) is 17.0 Å². The van der Waals surface area contributed by atoms with Crippen molar-refractivity contribution in [3.8, 4) is 0 Å². The van der Waals surface area contributed by atoms with Crippen molar-refractivity contribution in [3.63, 3.8) is 0 Å². The largest absolute Gasteiger partial charge is 0.352 e. The number of anilines is 1. The van der Waals surface area contributed by atoms with Crippen LogP contribution in [-0.2, 0) is 39.0 Å². The van der Waals surface area contributed by atoms with Crippen molar-refractivity contribution in [2.45, 2.75) is 57.1 Å². The molecule has 7 nitrogen and oxygen atoms in total. The first-order valence-electron chi connectivity index (χ1n) is 14.7. The average molecular weight is 667 g/mol. The fraction of sp³-hybridized carbons (Fsp3) is 0.257. The van der Waals surface area contributed by atoms with Gasteiger partial charge >= 0.3 is 0 Å². The molecule has 1 atom stereocenters. The van der Waals surface area contributed by atoms with Crippen molar-refractivity contribution >= 4 is 50.7 Å².